The van der Waals surface area contributed by atoms with Gasteiger partial charge in [0.1, 0.15) is 11.4 Å². The lowest BCUT2D eigenvalue weighted by Gasteiger charge is -2.25. The fourth-order valence-electron chi connectivity index (χ4n) is 2.01. The average molecular weight is 310 g/mol. The van der Waals surface area contributed by atoms with E-state index >= 15 is 0 Å². The minimum atomic E-state index is -1.38. The van der Waals surface area contributed by atoms with Crippen LogP contribution in [0.2, 0.25) is 0 Å². The van der Waals surface area contributed by atoms with Gasteiger partial charge in [-0.05, 0) is 30.0 Å². The molecule has 1 saturated carbocycles. The third-order valence-corrected chi connectivity index (χ3v) is 4.34. The van der Waals surface area contributed by atoms with Crippen LogP contribution < -0.4 is 4.74 Å². The number of alkyl halides is 3. The Balaban J connectivity index is 1.99. The maximum atomic E-state index is 5.98. The molecular weight excluding hydrogens is 295 g/mol. The molecule has 0 radical (unpaired) electrons. The molecule has 2 rings (SSSR count). The van der Waals surface area contributed by atoms with Crippen molar-refractivity contribution in [2.75, 3.05) is 7.11 Å². The summed E-state index contributed by atoms with van der Waals surface area (Å²) < 4.78 is 9.56. The molecule has 0 aliphatic heterocycles. The summed E-state index contributed by atoms with van der Waals surface area (Å²) in [6.45, 7) is 2.46. The highest BCUT2D eigenvalue weighted by molar-refractivity contribution is 6.68. The molecule has 0 amide bonds. The van der Waals surface area contributed by atoms with E-state index in [1.165, 1.54) is 0 Å². The Hall–Kier alpha value is -0.150. The van der Waals surface area contributed by atoms with Crippen LogP contribution in [0.4, 0.5) is 0 Å². The summed E-state index contributed by atoms with van der Waals surface area (Å²) in [5.74, 6) is 1.08. The molecule has 2 nitrogen and oxygen atoms in total. The number of halogens is 3. The summed E-state index contributed by atoms with van der Waals surface area (Å²) in [6, 6.07) is 7.66. The summed E-state index contributed by atoms with van der Waals surface area (Å²) in [4.78, 5) is 0. The second-order valence-corrected chi connectivity index (χ2v) is 6.91. The number of rotatable bonds is 4. The van der Waals surface area contributed by atoms with Crippen molar-refractivity contribution in [2.24, 2.45) is 5.92 Å². The highest BCUT2D eigenvalue weighted by Gasteiger charge is 2.65. The van der Waals surface area contributed by atoms with Crippen LogP contribution in [0.3, 0.4) is 0 Å². The summed E-state index contributed by atoms with van der Waals surface area (Å²) in [6.07, 6.45) is 0.777. The zero-order valence-electron chi connectivity index (χ0n) is 10.3. The quantitative estimate of drug-likeness (QED) is 0.769. The van der Waals surface area contributed by atoms with Crippen LogP contribution in [-0.4, -0.2) is 16.5 Å². The van der Waals surface area contributed by atoms with E-state index in [0.29, 0.717) is 6.61 Å². The molecule has 2 unspecified atom stereocenters. The molecule has 0 saturated heterocycles. The van der Waals surface area contributed by atoms with E-state index < -0.39 is 9.39 Å². The highest BCUT2D eigenvalue weighted by atomic mass is 35.6. The van der Waals surface area contributed by atoms with E-state index in [9.17, 15) is 0 Å². The monoisotopic (exact) mass is 308 g/mol. The molecule has 1 aliphatic carbocycles. The van der Waals surface area contributed by atoms with Crippen molar-refractivity contribution in [2.45, 2.75) is 29.3 Å². The van der Waals surface area contributed by atoms with E-state index in [1.807, 2.05) is 31.2 Å². The molecule has 1 fully saturated rings. The van der Waals surface area contributed by atoms with Crippen molar-refractivity contribution in [1.29, 1.82) is 0 Å². The third-order valence-electron chi connectivity index (χ3n) is 3.38. The molecule has 1 aromatic carbocycles. The van der Waals surface area contributed by atoms with Gasteiger partial charge >= 0.3 is 0 Å². The minimum Gasteiger partial charge on any atom is -0.497 e. The minimum absolute atomic E-state index is 0.267. The summed E-state index contributed by atoms with van der Waals surface area (Å²) in [5, 5.41) is 0. The van der Waals surface area contributed by atoms with E-state index in [4.69, 9.17) is 44.3 Å². The van der Waals surface area contributed by atoms with Crippen LogP contribution in [-0.2, 0) is 11.3 Å². The summed E-state index contributed by atoms with van der Waals surface area (Å²) in [7, 11) is 1.63. The van der Waals surface area contributed by atoms with Gasteiger partial charge in [-0.1, -0.05) is 53.9 Å². The summed E-state index contributed by atoms with van der Waals surface area (Å²) in [5.41, 5.74) is 0.390. The molecule has 0 N–H and O–H groups in total. The van der Waals surface area contributed by atoms with Gasteiger partial charge in [-0.3, -0.25) is 0 Å². The number of hydrogen-bond acceptors (Lipinski definition) is 2. The van der Waals surface area contributed by atoms with Crippen molar-refractivity contribution in [3.05, 3.63) is 29.8 Å². The van der Waals surface area contributed by atoms with Crippen molar-refractivity contribution in [3.8, 4) is 5.75 Å². The Bertz CT molecular complexity index is 413. The average Bonchev–Trinajstić information content (AvgIpc) is 2.99. The number of benzene rings is 1. The van der Waals surface area contributed by atoms with Gasteiger partial charge in [0.2, 0.25) is 3.79 Å². The Morgan fingerprint density at radius 1 is 1.28 bits per heavy atom. The molecule has 2 atom stereocenters. The summed E-state index contributed by atoms with van der Waals surface area (Å²) >= 11 is 17.9. The van der Waals surface area contributed by atoms with Gasteiger partial charge in [-0.2, -0.15) is 0 Å². The fourth-order valence-corrected chi connectivity index (χ4v) is 2.96. The number of hydrogen-bond donors (Lipinski definition) is 0. The Labute approximate surface area is 122 Å². The normalized spacial score (nSPS) is 27.1. The van der Waals surface area contributed by atoms with Gasteiger partial charge < -0.3 is 9.47 Å². The first kappa shape index (κ1) is 14.3. The van der Waals surface area contributed by atoms with Crippen LogP contribution >= 0.6 is 34.8 Å². The number of methoxy groups -OCH3 is 1. The molecule has 0 heterocycles. The van der Waals surface area contributed by atoms with Crippen molar-refractivity contribution >= 4 is 34.8 Å². The molecule has 18 heavy (non-hydrogen) atoms. The first-order chi connectivity index (χ1) is 8.39. The van der Waals surface area contributed by atoms with Gasteiger partial charge in [0, 0.05) is 0 Å². The predicted molar refractivity (Wildman–Crippen MR) is 74.6 cm³/mol. The molecular formula is C13H15Cl3O2. The molecule has 5 heteroatoms. The smallest absolute Gasteiger partial charge is 0.219 e. The molecule has 0 spiro atoms. The van der Waals surface area contributed by atoms with Gasteiger partial charge in [0.15, 0.2) is 0 Å². The Kier molecular flexibility index (Phi) is 4.03. The van der Waals surface area contributed by atoms with Crippen LogP contribution in [0.5, 0.6) is 5.75 Å². The third kappa shape index (κ3) is 2.72. The molecule has 1 aromatic rings. The zero-order valence-corrected chi connectivity index (χ0v) is 12.5. The van der Waals surface area contributed by atoms with Crippen LogP contribution in [0, 0.1) is 5.92 Å². The Morgan fingerprint density at radius 3 is 2.22 bits per heavy atom. The maximum absolute atomic E-state index is 5.98. The molecule has 0 aromatic heterocycles. The zero-order chi connectivity index (χ0) is 13.4. The lowest BCUT2D eigenvalue weighted by atomic mass is 10.2. The standard InChI is InChI=1S/C13H15Cl3O2/c1-9-7-12(9,13(14,15)16)18-8-10-3-5-11(17-2)6-4-10/h3-6,9H,7-8H2,1-2H3. The maximum Gasteiger partial charge on any atom is 0.219 e. The molecule has 100 valence electrons. The second kappa shape index (κ2) is 5.09. The van der Waals surface area contributed by atoms with Gasteiger partial charge in [-0.15, -0.1) is 0 Å². The SMILES string of the molecule is COc1ccc(COC2(C(Cl)(Cl)Cl)CC2C)cc1. The predicted octanol–water partition coefficient (Wildman–Crippen LogP) is 4.36. The second-order valence-electron chi connectivity index (χ2n) is 4.63. The van der Waals surface area contributed by atoms with Crippen LogP contribution in [0.25, 0.3) is 0 Å². The molecule has 0 bridgehead atoms. The van der Waals surface area contributed by atoms with Crippen LogP contribution in [0.15, 0.2) is 24.3 Å². The topological polar surface area (TPSA) is 18.5 Å². The first-order valence-corrected chi connectivity index (χ1v) is 6.86. The van der Waals surface area contributed by atoms with Crippen molar-refractivity contribution < 1.29 is 9.47 Å². The largest absolute Gasteiger partial charge is 0.497 e. The van der Waals surface area contributed by atoms with E-state index in [2.05, 4.69) is 0 Å². The van der Waals surface area contributed by atoms with Crippen molar-refractivity contribution in [1.82, 2.24) is 0 Å². The number of ether oxygens (including phenoxy) is 2. The van der Waals surface area contributed by atoms with E-state index in [-0.39, 0.29) is 5.92 Å². The Morgan fingerprint density at radius 2 is 1.83 bits per heavy atom. The van der Waals surface area contributed by atoms with Gasteiger partial charge in [0.05, 0.1) is 13.7 Å². The van der Waals surface area contributed by atoms with Gasteiger partial charge in [-0.25, -0.2) is 0 Å². The fraction of sp³-hybridized carbons (Fsp3) is 0.538. The molecule has 1 aliphatic rings. The lowest BCUT2D eigenvalue weighted by Crippen LogP contribution is -2.33. The van der Waals surface area contributed by atoms with Crippen molar-refractivity contribution in [3.63, 3.8) is 0 Å². The van der Waals surface area contributed by atoms with Crippen LogP contribution in [0.1, 0.15) is 18.9 Å². The van der Waals surface area contributed by atoms with E-state index in [0.717, 1.165) is 17.7 Å². The highest BCUT2D eigenvalue weighted by Crippen LogP contribution is 2.60. The van der Waals surface area contributed by atoms with E-state index in [1.54, 1.807) is 7.11 Å². The lowest BCUT2D eigenvalue weighted by molar-refractivity contribution is 0.0124. The van der Waals surface area contributed by atoms with Gasteiger partial charge in [0.25, 0.3) is 0 Å². The first-order valence-electron chi connectivity index (χ1n) is 5.72.